The van der Waals surface area contributed by atoms with E-state index in [9.17, 15) is 14.4 Å². The van der Waals surface area contributed by atoms with Gasteiger partial charge in [0.15, 0.2) is 5.75 Å². The lowest BCUT2D eigenvalue weighted by atomic mass is 9.64. The molecule has 1 fully saturated rings. The molecule has 0 aromatic heterocycles. The molecule has 2 aromatic rings. The van der Waals surface area contributed by atoms with Gasteiger partial charge in [-0.1, -0.05) is 23.2 Å². The number of Topliss-reactive ketones (excluding diaryl/α,β-unsaturated/α-hetero) is 1. The third-order valence-electron chi connectivity index (χ3n) is 5.07. The Morgan fingerprint density at radius 1 is 1.18 bits per heavy atom. The molecule has 9 heteroatoms. The highest BCUT2D eigenvalue weighted by Crippen LogP contribution is 2.49. The van der Waals surface area contributed by atoms with Gasteiger partial charge in [0.25, 0.3) is 0 Å². The van der Waals surface area contributed by atoms with Crippen molar-refractivity contribution < 1.29 is 24.2 Å². The Bertz CT molecular complexity index is 1020. The first-order valence-electron chi connectivity index (χ1n) is 8.43. The van der Waals surface area contributed by atoms with Crippen LogP contribution in [0.1, 0.15) is 18.4 Å². The molecule has 1 aliphatic carbocycles. The zero-order chi connectivity index (χ0) is 20.1. The average Bonchev–Trinajstić information content (AvgIpc) is 3.04. The van der Waals surface area contributed by atoms with Crippen LogP contribution in [0.15, 0.2) is 30.3 Å². The van der Waals surface area contributed by atoms with Gasteiger partial charge in [0.05, 0.1) is 15.5 Å². The number of hydrogen-bond donors (Lipinski definition) is 3. The average molecular weight is 421 g/mol. The number of carboxylic acids is 1. The van der Waals surface area contributed by atoms with Crippen LogP contribution >= 0.6 is 23.2 Å². The summed E-state index contributed by atoms with van der Waals surface area (Å²) >= 11 is 12.4. The van der Waals surface area contributed by atoms with E-state index in [1.165, 1.54) is 12.1 Å². The number of ether oxygens (including phenoxy) is 1. The molecule has 1 spiro atoms. The lowest BCUT2D eigenvalue weighted by Gasteiger charge is -2.36. The molecule has 2 aromatic carbocycles. The fourth-order valence-corrected chi connectivity index (χ4v) is 4.08. The summed E-state index contributed by atoms with van der Waals surface area (Å²) in [6.07, 6.45) is 1.38. The summed E-state index contributed by atoms with van der Waals surface area (Å²) in [6.45, 7) is 0.587. The number of nitrogens with one attached hydrogen (secondary N) is 2. The topological polar surface area (TPSA) is 105 Å². The summed E-state index contributed by atoms with van der Waals surface area (Å²) in [5, 5.41) is 14.3. The standard InChI is InChI=1S/C19H14Cl2N2O5/c20-12-5-9(23-17(25)18(26)27)6-13(21)16(12)28-10-1-2-14-11(7-10)19(8-22-14)4-3-15(19)24/h1-2,5-7,22H,3-4,8H2,(H,23,25)(H,26,27). The molecule has 1 atom stereocenters. The predicted octanol–water partition coefficient (Wildman–Crippen LogP) is 3.84. The number of halogens is 2. The summed E-state index contributed by atoms with van der Waals surface area (Å²) < 4.78 is 5.84. The van der Waals surface area contributed by atoms with Gasteiger partial charge in [-0.2, -0.15) is 0 Å². The monoisotopic (exact) mass is 420 g/mol. The molecule has 1 unspecified atom stereocenters. The molecule has 0 bridgehead atoms. The van der Waals surface area contributed by atoms with Gasteiger partial charge in [-0.3, -0.25) is 9.59 Å². The number of rotatable bonds is 3. The van der Waals surface area contributed by atoms with Gasteiger partial charge < -0.3 is 20.5 Å². The maximum atomic E-state index is 12.2. The maximum Gasteiger partial charge on any atom is 0.394 e. The number of fused-ring (bicyclic) bond motifs is 2. The van der Waals surface area contributed by atoms with Crippen LogP contribution in [0.3, 0.4) is 0 Å². The van der Waals surface area contributed by atoms with Gasteiger partial charge in [-0.25, -0.2) is 4.79 Å². The molecular weight excluding hydrogens is 407 g/mol. The molecule has 1 saturated carbocycles. The number of ketones is 1. The number of carboxylic acid groups (broad SMARTS) is 1. The van der Waals surface area contributed by atoms with Crippen LogP contribution < -0.4 is 15.4 Å². The molecule has 28 heavy (non-hydrogen) atoms. The number of amides is 1. The fourth-order valence-electron chi connectivity index (χ4n) is 3.51. The summed E-state index contributed by atoms with van der Waals surface area (Å²) in [5.41, 5.74) is 1.46. The van der Waals surface area contributed by atoms with Crippen LogP contribution in [0.2, 0.25) is 10.0 Å². The lowest BCUT2D eigenvalue weighted by molar-refractivity contribution is -0.147. The summed E-state index contributed by atoms with van der Waals surface area (Å²) in [5.74, 6) is -1.99. The van der Waals surface area contributed by atoms with Crippen LogP contribution in [-0.4, -0.2) is 29.3 Å². The number of carbonyl (C=O) groups is 3. The fraction of sp³-hybridized carbons (Fsp3) is 0.211. The van der Waals surface area contributed by atoms with Crippen LogP contribution in [0, 0.1) is 0 Å². The minimum absolute atomic E-state index is 0.0984. The first kappa shape index (κ1) is 18.6. The van der Waals surface area contributed by atoms with Crippen molar-refractivity contribution in [1.82, 2.24) is 0 Å². The van der Waals surface area contributed by atoms with Crippen LogP contribution in [0.4, 0.5) is 11.4 Å². The Kier molecular flexibility index (Phi) is 4.44. The largest absolute Gasteiger partial charge is 0.474 e. The van der Waals surface area contributed by atoms with Gasteiger partial charge in [-0.05, 0) is 42.3 Å². The summed E-state index contributed by atoms with van der Waals surface area (Å²) in [6, 6.07) is 8.07. The Balaban J connectivity index is 1.61. The highest BCUT2D eigenvalue weighted by Gasteiger charge is 2.51. The van der Waals surface area contributed by atoms with Crippen molar-refractivity contribution in [3.05, 3.63) is 45.9 Å². The first-order valence-corrected chi connectivity index (χ1v) is 9.19. The van der Waals surface area contributed by atoms with Crippen LogP contribution in [0.5, 0.6) is 11.5 Å². The van der Waals surface area contributed by atoms with Crippen molar-refractivity contribution in [2.45, 2.75) is 18.3 Å². The van der Waals surface area contributed by atoms with Crippen molar-refractivity contribution in [2.75, 3.05) is 17.2 Å². The van der Waals surface area contributed by atoms with Crippen molar-refractivity contribution in [3.8, 4) is 11.5 Å². The predicted molar refractivity (Wildman–Crippen MR) is 104 cm³/mol. The highest BCUT2D eigenvalue weighted by atomic mass is 35.5. The lowest BCUT2D eigenvalue weighted by Crippen LogP contribution is -2.46. The van der Waals surface area contributed by atoms with Gasteiger partial charge in [0.2, 0.25) is 0 Å². The molecule has 2 aliphatic rings. The normalized spacial score (nSPS) is 19.6. The van der Waals surface area contributed by atoms with E-state index in [0.29, 0.717) is 18.7 Å². The Morgan fingerprint density at radius 2 is 1.89 bits per heavy atom. The molecule has 1 heterocycles. The second-order valence-electron chi connectivity index (χ2n) is 6.70. The number of hydrogen-bond acceptors (Lipinski definition) is 5. The third-order valence-corrected chi connectivity index (χ3v) is 5.63. The van der Waals surface area contributed by atoms with Crippen molar-refractivity contribution in [2.24, 2.45) is 0 Å². The van der Waals surface area contributed by atoms with Crippen molar-refractivity contribution in [3.63, 3.8) is 0 Å². The number of anilines is 2. The minimum Gasteiger partial charge on any atom is -0.474 e. The molecule has 0 saturated heterocycles. The Hall–Kier alpha value is -2.77. The molecule has 0 radical (unpaired) electrons. The van der Waals surface area contributed by atoms with E-state index in [0.717, 1.165) is 17.7 Å². The van der Waals surface area contributed by atoms with Crippen LogP contribution in [-0.2, 0) is 19.8 Å². The van der Waals surface area contributed by atoms with E-state index in [1.54, 1.807) is 12.1 Å². The molecule has 1 aliphatic heterocycles. The quantitative estimate of drug-likeness (QED) is 0.651. The van der Waals surface area contributed by atoms with Crippen molar-refractivity contribution in [1.29, 1.82) is 0 Å². The highest BCUT2D eigenvalue weighted by molar-refractivity contribution is 6.39. The Morgan fingerprint density at radius 3 is 2.46 bits per heavy atom. The summed E-state index contributed by atoms with van der Waals surface area (Å²) in [7, 11) is 0. The molecule has 144 valence electrons. The van der Waals surface area contributed by atoms with E-state index in [-0.39, 0.29) is 27.3 Å². The summed E-state index contributed by atoms with van der Waals surface area (Å²) in [4.78, 5) is 34.1. The van der Waals surface area contributed by atoms with Crippen LogP contribution in [0.25, 0.3) is 0 Å². The molecule has 7 nitrogen and oxygen atoms in total. The SMILES string of the molecule is O=C(O)C(=O)Nc1cc(Cl)c(Oc2ccc3c(c2)C2(CCC2=O)CN3)c(Cl)c1. The molecule has 3 N–H and O–H groups in total. The smallest absolute Gasteiger partial charge is 0.394 e. The molecule has 4 rings (SSSR count). The second kappa shape index (κ2) is 6.68. The zero-order valence-electron chi connectivity index (χ0n) is 14.3. The maximum absolute atomic E-state index is 12.2. The van der Waals surface area contributed by atoms with Gasteiger partial charge in [-0.15, -0.1) is 0 Å². The first-order chi connectivity index (χ1) is 13.3. The van der Waals surface area contributed by atoms with Gasteiger partial charge >= 0.3 is 11.9 Å². The van der Waals surface area contributed by atoms with E-state index in [1.807, 2.05) is 6.07 Å². The van der Waals surface area contributed by atoms with Crippen molar-refractivity contribution >= 4 is 52.2 Å². The van der Waals surface area contributed by atoms with E-state index in [2.05, 4.69) is 10.6 Å². The number of aliphatic carboxylic acids is 1. The van der Waals surface area contributed by atoms with E-state index >= 15 is 0 Å². The second-order valence-corrected chi connectivity index (χ2v) is 7.51. The van der Waals surface area contributed by atoms with E-state index in [4.69, 9.17) is 33.0 Å². The minimum atomic E-state index is -1.63. The molecule has 1 amide bonds. The molecular formula is C19H14Cl2N2O5. The van der Waals surface area contributed by atoms with Gasteiger partial charge in [0.1, 0.15) is 11.5 Å². The zero-order valence-corrected chi connectivity index (χ0v) is 15.9. The van der Waals surface area contributed by atoms with Gasteiger partial charge in [0, 0.05) is 24.3 Å². The number of benzene rings is 2. The third kappa shape index (κ3) is 2.96. The Labute approximate surface area is 169 Å². The number of carbonyl (C=O) groups excluding carboxylic acids is 2. The van der Waals surface area contributed by atoms with E-state index < -0.39 is 17.3 Å².